The van der Waals surface area contributed by atoms with Crippen LogP contribution in [0.1, 0.15) is 10.4 Å². The standard InChI is InChI=1S/C14H11FN4O/c1-18-13(5-6-16-18)14-10(9-20)8-19(17-14)12-4-2-3-11(15)7-12/h2-9H,1H3. The van der Waals surface area contributed by atoms with E-state index in [1.165, 1.54) is 16.8 Å². The maximum atomic E-state index is 13.3. The molecule has 5 nitrogen and oxygen atoms in total. The molecule has 3 rings (SSSR count). The predicted octanol–water partition coefficient (Wildman–Crippen LogP) is 2.22. The van der Waals surface area contributed by atoms with Crippen LogP contribution in [0.5, 0.6) is 0 Å². The van der Waals surface area contributed by atoms with Gasteiger partial charge in [0.1, 0.15) is 11.5 Å². The van der Waals surface area contributed by atoms with Gasteiger partial charge in [0.15, 0.2) is 6.29 Å². The Morgan fingerprint density at radius 1 is 1.30 bits per heavy atom. The van der Waals surface area contributed by atoms with E-state index in [4.69, 9.17) is 0 Å². The minimum atomic E-state index is -0.354. The predicted molar refractivity (Wildman–Crippen MR) is 71.1 cm³/mol. The van der Waals surface area contributed by atoms with E-state index >= 15 is 0 Å². The second kappa shape index (κ2) is 4.73. The fraction of sp³-hybridized carbons (Fsp3) is 0.0714. The molecule has 2 aromatic heterocycles. The van der Waals surface area contributed by atoms with Crippen molar-refractivity contribution >= 4 is 6.29 Å². The summed E-state index contributed by atoms with van der Waals surface area (Å²) in [5, 5.41) is 8.41. The van der Waals surface area contributed by atoms with E-state index in [1.54, 1.807) is 42.3 Å². The molecular weight excluding hydrogens is 259 g/mol. The van der Waals surface area contributed by atoms with Crippen molar-refractivity contribution in [2.45, 2.75) is 0 Å². The first kappa shape index (κ1) is 12.3. The Hall–Kier alpha value is -2.76. The van der Waals surface area contributed by atoms with E-state index in [9.17, 15) is 9.18 Å². The fourth-order valence-corrected chi connectivity index (χ4v) is 2.03. The van der Waals surface area contributed by atoms with Gasteiger partial charge in [-0.3, -0.25) is 9.48 Å². The molecular formula is C14H11FN4O. The van der Waals surface area contributed by atoms with Crippen LogP contribution in [0, 0.1) is 5.82 Å². The summed E-state index contributed by atoms with van der Waals surface area (Å²) in [6, 6.07) is 7.80. The Kier molecular flexibility index (Phi) is 2.90. The average molecular weight is 270 g/mol. The Labute approximate surface area is 114 Å². The van der Waals surface area contributed by atoms with Crippen LogP contribution in [-0.2, 0) is 7.05 Å². The highest BCUT2D eigenvalue weighted by molar-refractivity contribution is 5.84. The zero-order valence-corrected chi connectivity index (χ0v) is 10.7. The molecule has 0 amide bonds. The minimum absolute atomic E-state index is 0.354. The van der Waals surface area contributed by atoms with Crippen LogP contribution in [0.25, 0.3) is 17.1 Å². The van der Waals surface area contributed by atoms with Crippen molar-refractivity contribution in [3.8, 4) is 17.1 Å². The van der Waals surface area contributed by atoms with Gasteiger partial charge in [0, 0.05) is 19.4 Å². The molecule has 0 N–H and O–H groups in total. The second-order valence-electron chi connectivity index (χ2n) is 4.32. The fourth-order valence-electron chi connectivity index (χ4n) is 2.03. The highest BCUT2D eigenvalue weighted by atomic mass is 19.1. The largest absolute Gasteiger partial charge is 0.298 e. The lowest BCUT2D eigenvalue weighted by Crippen LogP contribution is -1.98. The Bertz CT molecular complexity index is 775. The van der Waals surface area contributed by atoms with Crippen molar-refractivity contribution in [3.63, 3.8) is 0 Å². The molecule has 0 aliphatic rings. The lowest BCUT2D eigenvalue weighted by Gasteiger charge is -2.01. The SMILES string of the molecule is Cn1nccc1-c1nn(-c2cccc(F)c2)cc1C=O. The van der Waals surface area contributed by atoms with Crippen molar-refractivity contribution in [1.29, 1.82) is 0 Å². The van der Waals surface area contributed by atoms with Crippen molar-refractivity contribution in [2.24, 2.45) is 7.05 Å². The number of halogens is 1. The van der Waals surface area contributed by atoms with E-state index in [-0.39, 0.29) is 5.82 Å². The molecule has 0 aliphatic heterocycles. The summed E-state index contributed by atoms with van der Waals surface area (Å²) in [5.74, 6) is -0.354. The van der Waals surface area contributed by atoms with Crippen LogP contribution >= 0.6 is 0 Å². The molecule has 0 saturated heterocycles. The minimum Gasteiger partial charge on any atom is -0.298 e. The molecule has 0 fully saturated rings. The number of carbonyl (C=O) groups is 1. The number of rotatable bonds is 3. The van der Waals surface area contributed by atoms with E-state index < -0.39 is 0 Å². The molecule has 0 atom stereocenters. The molecule has 2 heterocycles. The van der Waals surface area contributed by atoms with Gasteiger partial charge in [-0.25, -0.2) is 9.07 Å². The van der Waals surface area contributed by atoms with Crippen molar-refractivity contribution in [2.75, 3.05) is 0 Å². The summed E-state index contributed by atoms with van der Waals surface area (Å²) in [6.45, 7) is 0. The highest BCUT2D eigenvalue weighted by Crippen LogP contribution is 2.21. The zero-order chi connectivity index (χ0) is 14.1. The summed E-state index contributed by atoms with van der Waals surface area (Å²) in [6.07, 6.45) is 3.93. The first-order valence-corrected chi connectivity index (χ1v) is 5.98. The smallest absolute Gasteiger partial charge is 0.153 e. The molecule has 0 saturated carbocycles. The molecule has 0 aliphatic carbocycles. The van der Waals surface area contributed by atoms with Crippen molar-refractivity contribution < 1.29 is 9.18 Å². The molecule has 3 aromatic rings. The number of carbonyl (C=O) groups excluding carboxylic acids is 1. The van der Waals surface area contributed by atoms with Gasteiger partial charge in [-0.15, -0.1) is 0 Å². The molecule has 0 unspecified atom stereocenters. The Morgan fingerprint density at radius 3 is 2.80 bits per heavy atom. The third-order valence-electron chi connectivity index (χ3n) is 3.01. The number of hydrogen-bond donors (Lipinski definition) is 0. The molecule has 0 bridgehead atoms. The maximum Gasteiger partial charge on any atom is 0.153 e. The van der Waals surface area contributed by atoms with Gasteiger partial charge in [0.25, 0.3) is 0 Å². The second-order valence-corrected chi connectivity index (χ2v) is 4.32. The average Bonchev–Trinajstić information content (AvgIpc) is 3.04. The van der Waals surface area contributed by atoms with Gasteiger partial charge in [-0.1, -0.05) is 6.07 Å². The van der Waals surface area contributed by atoms with Crippen LogP contribution in [0.2, 0.25) is 0 Å². The van der Waals surface area contributed by atoms with Gasteiger partial charge >= 0.3 is 0 Å². The summed E-state index contributed by atoms with van der Waals surface area (Å²) in [7, 11) is 1.77. The summed E-state index contributed by atoms with van der Waals surface area (Å²) in [4.78, 5) is 11.2. The number of nitrogens with zero attached hydrogens (tertiary/aromatic N) is 4. The van der Waals surface area contributed by atoms with E-state index in [2.05, 4.69) is 10.2 Å². The summed E-state index contributed by atoms with van der Waals surface area (Å²) >= 11 is 0. The first-order chi connectivity index (χ1) is 9.69. The topological polar surface area (TPSA) is 52.7 Å². The summed E-state index contributed by atoms with van der Waals surface area (Å²) in [5.41, 5.74) is 2.23. The number of aromatic nitrogens is 4. The normalized spacial score (nSPS) is 10.7. The first-order valence-electron chi connectivity index (χ1n) is 5.98. The van der Waals surface area contributed by atoms with Crippen LogP contribution in [0.15, 0.2) is 42.7 Å². The molecule has 0 radical (unpaired) electrons. The van der Waals surface area contributed by atoms with E-state index in [0.29, 0.717) is 16.9 Å². The van der Waals surface area contributed by atoms with Crippen molar-refractivity contribution in [3.05, 3.63) is 54.1 Å². The molecule has 1 aromatic carbocycles. The van der Waals surface area contributed by atoms with Crippen LogP contribution < -0.4 is 0 Å². The monoisotopic (exact) mass is 270 g/mol. The Morgan fingerprint density at radius 2 is 2.15 bits per heavy atom. The van der Waals surface area contributed by atoms with Crippen LogP contribution in [0.3, 0.4) is 0 Å². The highest BCUT2D eigenvalue weighted by Gasteiger charge is 2.14. The van der Waals surface area contributed by atoms with Gasteiger partial charge in [0.05, 0.1) is 16.9 Å². The van der Waals surface area contributed by atoms with Crippen molar-refractivity contribution in [1.82, 2.24) is 19.6 Å². The van der Waals surface area contributed by atoms with E-state index in [0.717, 1.165) is 12.0 Å². The third kappa shape index (κ3) is 2.01. The maximum absolute atomic E-state index is 13.3. The number of hydrogen-bond acceptors (Lipinski definition) is 3. The Balaban J connectivity index is 2.14. The number of aldehydes is 1. The summed E-state index contributed by atoms with van der Waals surface area (Å²) < 4.78 is 16.4. The number of benzene rings is 1. The quantitative estimate of drug-likeness (QED) is 0.686. The third-order valence-corrected chi connectivity index (χ3v) is 3.01. The van der Waals surface area contributed by atoms with Crippen LogP contribution in [-0.4, -0.2) is 25.8 Å². The number of aryl methyl sites for hydroxylation is 1. The molecule has 100 valence electrons. The van der Waals surface area contributed by atoms with E-state index in [1.807, 2.05) is 0 Å². The molecule has 20 heavy (non-hydrogen) atoms. The zero-order valence-electron chi connectivity index (χ0n) is 10.7. The lowest BCUT2D eigenvalue weighted by molar-refractivity contribution is 0.112. The molecule has 0 spiro atoms. The van der Waals surface area contributed by atoms with Gasteiger partial charge < -0.3 is 0 Å². The van der Waals surface area contributed by atoms with Gasteiger partial charge in [-0.2, -0.15) is 10.2 Å². The van der Waals surface area contributed by atoms with Crippen LogP contribution in [0.4, 0.5) is 4.39 Å². The lowest BCUT2D eigenvalue weighted by atomic mass is 10.2. The molecule has 6 heteroatoms. The van der Waals surface area contributed by atoms with Gasteiger partial charge in [-0.05, 0) is 24.3 Å². The van der Waals surface area contributed by atoms with Gasteiger partial charge in [0.2, 0.25) is 0 Å².